The number of carbonyl (C=O) groups is 2. The molecule has 0 bridgehead atoms. The van der Waals surface area contributed by atoms with E-state index in [0.29, 0.717) is 19.3 Å². The average Bonchev–Trinajstić information content (AvgIpc) is 2.78. The van der Waals surface area contributed by atoms with Crippen LogP contribution in [0, 0.1) is 28.6 Å². The van der Waals surface area contributed by atoms with Gasteiger partial charge in [0.2, 0.25) is 0 Å². The Morgan fingerprint density at radius 3 is 2.69 bits per heavy atom. The summed E-state index contributed by atoms with van der Waals surface area (Å²) in [6, 6.07) is 0. The van der Waals surface area contributed by atoms with Crippen molar-refractivity contribution in [1.82, 2.24) is 0 Å². The van der Waals surface area contributed by atoms with Crippen molar-refractivity contribution in [3.8, 4) is 0 Å². The molecule has 26 heavy (non-hydrogen) atoms. The molecule has 5 heteroatoms. The van der Waals surface area contributed by atoms with Crippen LogP contribution in [0.5, 0.6) is 0 Å². The lowest BCUT2D eigenvalue weighted by Gasteiger charge is -2.58. The summed E-state index contributed by atoms with van der Waals surface area (Å²) >= 11 is 0. The number of ether oxygens (including phenoxy) is 1. The first kappa shape index (κ1) is 18.2. The molecule has 0 amide bonds. The molecule has 0 spiro atoms. The molecule has 0 heterocycles. The van der Waals surface area contributed by atoms with E-state index in [1.807, 2.05) is 6.92 Å². The van der Waals surface area contributed by atoms with Gasteiger partial charge in [-0.2, -0.15) is 0 Å². The molecule has 0 aromatic rings. The Kier molecular flexibility index (Phi) is 4.12. The van der Waals surface area contributed by atoms with Crippen molar-refractivity contribution in [2.24, 2.45) is 28.6 Å². The van der Waals surface area contributed by atoms with Gasteiger partial charge in [0.25, 0.3) is 0 Å². The van der Waals surface area contributed by atoms with E-state index < -0.39 is 11.5 Å². The van der Waals surface area contributed by atoms with Gasteiger partial charge in [0, 0.05) is 18.3 Å². The molecule has 3 fully saturated rings. The third kappa shape index (κ3) is 2.43. The van der Waals surface area contributed by atoms with Gasteiger partial charge < -0.3 is 14.9 Å². The highest BCUT2D eigenvalue weighted by Gasteiger charge is 2.64. The summed E-state index contributed by atoms with van der Waals surface area (Å²) in [6.45, 7) is 5.63. The molecule has 4 unspecified atom stereocenters. The second kappa shape index (κ2) is 5.90. The molecule has 8 atom stereocenters. The third-order valence-corrected chi connectivity index (χ3v) is 8.04. The summed E-state index contributed by atoms with van der Waals surface area (Å²) in [5.74, 6) is 0.107. The number of hydrogen-bond donors (Lipinski definition) is 2. The number of aliphatic hydroxyl groups is 2. The molecule has 0 aromatic heterocycles. The number of aliphatic hydroxyl groups excluding tert-OH is 2. The highest BCUT2D eigenvalue weighted by atomic mass is 16.5. The van der Waals surface area contributed by atoms with E-state index in [-0.39, 0.29) is 47.1 Å². The van der Waals surface area contributed by atoms with E-state index in [2.05, 4.69) is 13.0 Å². The monoisotopic (exact) mass is 362 g/mol. The Hall–Kier alpha value is -1.20. The van der Waals surface area contributed by atoms with E-state index in [0.717, 1.165) is 19.3 Å². The van der Waals surface area contributed by atoms with Crippen LogP contribution >= 0.6 is 0 Å². The van der Waals surface area contributed by atoms with Crippen LogP contribution in [0.2, 0.25) is 0 Å². The number of rotatable bonds is 1. The van der Waals surface area contributed by atoms with Gasteiger partial charge in [-0.3, -0.25) is 9.59 Å². The van der Waals surface area contributed by atoms with Gasteiger partial charge in [0.1, 0.15) is 12.2 Å². The molecule has 0 aromatic carbocycles. The summed E-state index contributed by atoms with van der Waals surface area (Å²) in [5.41, 5.74) is 0.555. The summed E-state index contributed by atoms with van der Waals surface area (Å²) in [4.78, 5) is 24.6. The maximum absolute atomic E-state index is 12.7. The van der Waals surface area contributed by atoms with Crippen molar-refractivity contribution in [2.45, 2.75) is 77.6 Å². The van der Waals surface area contributed by atoms with Gasteiger partial charge in [-0.15, -0.1) is 0 Å². The zero-order chi connectivity index (χ0) is 18.9. The quantitative estimate of drug-likeness (QED) is 0.553. The SMILES string of the molecule is CC(=O)OC1C[C@]2(C)C(=O)[C@H](O)CC2C2CC=C3C[C@@H](O)CC[C@]3(C)C12. The Balaban J connectivity index is 1.78. The van der Waals surface area contributed by atoms with Crippen molar-refractivity contribution in [3.63, 3.8) is 0 Å². The number of Topliss-reactive ketones (excluding diaryl/α,β-unsaturated/α-hetero) is 1. The van der Waals surface area contributed by atoms with Crippen molar-refractivity contribution in [2.75, 3.05) is 0 Å². The third-order valence-electron chi connectivity index (χ3n) is 8.04. The average molecular weight is 362 g/mol. The van der Waals surface area contributed by atoms with Crippen molar-refractivity contribution in [1.29, 1.82) is 0 Å². The topological polar surface area (TPSA) is 83.8 Å². The van der Waals surface area contributed by atoms with E-state index in [9.17, 15) is 19.8 Å². The Bertz CT molecular complexity index is 669. The van der Waals surface area contributed by atoms with E-state index in [4.69, 9.17) is 4.74 Å². The lowest BCUT2D eigenvalue weighted by Crippen LogP contribution is -2.57. The summed E-state index contributed by atoms with van der Waals surface area (Å²) in [5, 5.41) is 20.4. The molecule has 4 rings (SSSR count). The lowest BCUT2D eigenvalue weighted by atomic mass is 9.47. The van der Waals surface area contributed by atoms with Crippen molar-refractivity contribution >= 4 is 11.8 Å². The molecule has 0 saturated heterocycles. The second-order valence-corrected chi connectivity index (χ2v) is 9.46. The van der Waals surface area contributed by atoms with Crippen LogP contribution in [0.3, 0.4) is 0 Å². The Morgan fingerprint density at radius 2 is 2.00 bits per heavy atom. The first-order valence-corrected chi connectivity index (χ1v) is 9.94. The highest BCUT2D eigenvalue weighted by Crippen LogP contribution is 2.64. The Labute approximate surface area is 154 Å². The second-order valence-electron chi connectivity index (χ2n) is 9.46. The highest BCUT2D eigenvalue weighted by molar-refractivity contribution is 5.91. The largest absolute Gasteiger partial charge is 0.462 e. The molecule has 4 aliphatic rings. The van der Waals surface area contributed by atoms with Crippen LogP contribution in [0.25, 0.3) is 0 Å². The molecule has 2 N–H and O–H groups in total. The number of allylic oxidation sites excluding steroid dienone is 1. The van der Waals surface area contributed by atoms with Gasteiger partial charge >= 0.3 is 5.97 Å². The van der Waals surface area contributed by atoms with Crippen LogP contribution in [0.1, 0.15) is 59.3 Å². The zero-order valence-corrected chi connectivity index (χ0v) is 15.9. The van der Waals surface area contributed by atoms with Crippen LogP contribution < -0.4 is 0 Å². The molecular formula is C21H30O5. The van der Waals surface area contributed by atoms with Crippen LogP contribution in [-0.4, -0.2) is 40.3 Å². The molecule has 0 radical (unpaired) electrons. The van der Waals surface area contributed by atoms with Crippen molar-refractivity contribution < 1.29 is 24.5 Å². The number of fused-ring (bicyclic) bond motifs is 5. The maximum atomic E-state index is 12.7. The van der Waals surface area contributed by atoms with Gasteiger partial charge in [-0.25, -0.2) is 0 Å². The van der Waals surface area contributed by atoms with Gasteiger partial charge in [0.15, 0.2) is 5.78 Å². The van der Waals surface area contributed by atoms with Crippen LogP contribution in [0.4, 0.5) is 0 Å². The van der Waals surface area contributed by atoms with Crippen LogP contribution in [-0.2, 0) is 14.3 Å². The van der Waals surface area contributed by atoms with Crippen molar-refractivity contribution in [3.05, 3.63) is 11.6 Å². The zero-order valence-electron chi connectivity index (χ0n) is 15.9. The standard InChI is InChI=1S/C21H30O5/c1-11(22)26-17-10-21(3)15(9-16(24)19(21)25)14-5-4-12-8-13(23)6-7-20(12,2)18(14)17/h4,13-18,23-24H,5-10H2,1-3H3/t13-,14?,15?,16+,17?,18?,20-,21-/m0/s1. The minimum absolute atomic E-state index is 0.0860. The molecular weight excluding hydrogens is 332 g/mol. The van der Waals surface area contributed by atoms with Gasteiger partial charge in [-0.1, -0.05) is 25.5 Å². The summed E-state index contributed by atoms with van der Waals surface area (Å²) in [7, 11) is 0. The van der Waals surface area contributed by atoms with E-state index >= 15 is 0 Å². The molecule has 0 aliphatic heterocycles. The molecule has 144 valence electrons. The number of ketones is 1. The molecule has 5 nitrogen and oxygen atoms in total. The molecule has 3 saturated carbocycles. The predicted molar refractivity (Wildman–Crippen MR) is 95.0 cm³/mol. The van der Waals surface area contributed by atoms with Gasteiger partial charge in [-0.05, 0) is 55.8 Å². The Morgan fingerprint density at radius 1 is 1.27 bits per heavy atom. The summed E-state index contributed by atoms with van der Waals surface area (Å²) in [6.07, 6.45) is 4.94. The number of esters is 1. The van der Waals surface area contributed by atoms with Crippen LogP contribution in [0.15, 0.2) is 11.6 Å². The van der Waals surface area contributed by atoms with Gasteiger partial charge in [0.05, 0.1) is 6.10 Å². The minimum Gasteiger partial charge on any atom is -0.462 e. The first-order valence-electron chi connectivity index (χ1n) is 9.94. The predicted octanol–water partition coefficient (Wildman–Crippen LogP) is 2.39. The minimum atomic E-state index is -0.895. The van der Waals surface area contributed by atoms with E-state index in [1.54, 1.807) is 0 Å². The summed E-state index contributed by atoms with van der Waals surface area (Å²) < 4.78 is 5.80. The fourth-order valence-corrected chi connectivity index (χ4v) is 6.85. The smallest absolute Gasteiger partial charge is 0.302 e. The number of carbonyl (C=O) groups excluding carboxylic acids is 2. The first-order chi connectivity index (χ1) is 12.2. The maximum Gasteiger partial charge on any atom is 0.302 e. The fraction of sp³-hybridized carbons (Fsp3) is 0.810. The lowest BCUT2D eigenvalue weighted by molar-refractivity contribution is -0.173. The normalized spacial score (nSPS) is 50.3. The van der Waals surface area contributed by atoms with E-state index in [1.165, 1.54) is 12.5 Å². The number of hydrogen-bond acceptors (Lipinski definition) is 5. The molecule has 4 aliphatic carbocycles. The fourth-order valence-electron chi connectivity index (χ4n) is 6.85.